The van der Waals surface area contributed by atoms with Gasteiger partial charge in [-0.25, -0.2) is 9.37 Å². The van der Waals surface area contributed by atoms with Crippen LogP contribution in [-0.4, -0.2) is 42.3 Å². The first-order chi connectivity index (χ1) is 13.7. The first-order valence-electron chi connectivity index (χ1n) is 9.95. The maximum absolute atomic E-state index is 13.3. The van der Waals surface area contributed by atoms with Crippen molar-refractivity contribution < 1.29 is 4.39 Å². The lowest BCUT2D eigenvalue weighted by Crippen LogP contribution is -2.36. The molecule has 0 bridgehead atoms. The lowest BCUT2D eigenvalue weighted by Gasteiger charge is -2.31. The molecule has 8 heteroatoms. The van der Waals surface area contributed by atoms with Gasteiger partial charge in [-0.2, -0.15) is 0 Å². The van der Waals surface area contributed by atoms with E-state index in [0.717, 1.165) is 57.1 Å². The first-order valence-corrected chi connectivity index (χ1v) is 9.95. The second kappa shape index (κ2) is 7.09. The van der Waals surface area contributed by atoms with E-state index in [0.29, 0.717) is 23.4 Å². The molecular formula is C20H23FN6O. The average Bonchev–Trinajstić information content (AvgIpc) is 3.31. The number of benzene rings is 1. The standard InChI is InChI=1S/C20H23FN6O/c21-15-3-4-16-17(10-15)22-13-26(20(16)28)11-14-5-8-25(9-6-14)12-19-24-23-18-2-1-7-27(18)19/h3-4,10,13-14H,1-2,5-9,11-12H2. The van der Waals surface area contributed by atoms with E-state index in [9.17, 15) is 9.18 Å². The van der Waals surface area contributed by atoms with Crippen molar-refractivity contribution in [2.45, 2.75) is 45.3 Å². The number of piperidine rings is 1. The summed E-state index contributed by atoms with van der Waals surface area (Å²) in [5, 5.41) is 9.12. The molecule has 1 saturated heterocycles. The summed E-state index contributed by atoms with van der Waals surface area (Å²) in [4.78, 5) is 19.4. The van der Waals surface area contributed by atoms with Gasteiger partial charge in [-0.1, -0.05) is 0 Å². The predicted molar refractivity (Wildman–Crippen MR) is 102 cm³/mol. The van der Waals surface area contributed by atoms with Crippen LogP contribution in [0.15, 0.2) is 29.3 Å². The van der Waals surface area contributed by atoms with Crippen LogP contribution in [0.5, 0.6) is 0 Å². The molecule has 0 unspecified atom stereocenters. The molecule has 28 heavy (non-hydrogen) atoms. The molecule has 2 aliphatic heterocycles. The van der Waals surface area contributed by atoms with Crippen LogP contribution in [0.3, 0.4) is 0 Å². The van der Waals surface area contributed by atoms with Gasteiger partial charge in [0, 0.05) is 25.6 Å². The molecule has 0 aliphatic carbocycles. The highest BCUT2D eigenvalue weighted by atomic mass is 19.1. The largest absolute Gasteiger partial charge is 0.314 e. The maximum atomic E-state index is 13.3. The molecular weight excluding hydrogens is 359 g/mol. The Morgan fingerprint density at radius 1 is 1.14 bits per heavy atom. The van der Waals surface area contributed by atoms with Gasteiger partial charge >= 0.3 is 0 Å². The third-order valence-electron chi connectivity index (χ3n) is 6.00. The number of aromatic nitrogens is 5. The lowest BCUT2D eigenvalue weighted by atomic mass is 9.96. The van der Waals surface area contributed by atoms with Crippen LogP contribution < -0.4 is 5.56 Å². The third kappa shape index (κ3) is 3.22. The molecule has 0 spiro atoms. The number of nitrogens with zero attached hydrogens (tertiary/aromatic N) is 6. The molecule has 0 amide bonds. The van der Waals surface area contributed by atoms with Gasteiger partial charge in [0.05, 0.1) is 23.8 Å². The van der Waals surface area contributed by atoms with Gasteiger partial charge in [-0.05, 0) is 50.4 Å². The van der Waals surface area contributed by atoms with Gasteiger partial charge in [-0.15, -0.1) is 10.2 Å². The van der Waals surface area contributed by atoms with Gasteiger partial charge in [0.25, 0.3) is 5.56 Å². The monoisotopic (exact) mass is 382 g/mol. The first kappa shape index (κ1) is 17.5. The molecule has 5 rings (SSSR count). The van der Waals surface area contributed by atoms with Crippen molar-refractivity contribution in [1.82, 2.24) is 29.2 Å². The summed E-state index contributed by atoms with van der Waals surface area (Å²) in [6.07, 6.45) is 5.83. The quantitative estimate of drug-likeness (QED) is 0.690. The van der Waals surface area contributed by atoms with Crippen molar-refractivity contribution in [3.63, 3.8) is 0 Å². The lowest BCUT2D eigenvalue weighted by molar-refractivity contribution is 0.161. The number of fused-ring (bicyclic) bond motifs is 2. The summed E-state index contributed by atoms with van der Waals surface area (Å²) in [5.74, 6) is 2.27. The van der Waals surface area contributed by atoms with Gasteiger partial charge in [-0.3, -0.25) is 14.3 Å². The van der Waals surface area contributed by atoms with Crippen LogP contribution in [0.4, 0.5) is 4.39 Å². The van der Waals surface area contributed by atoms with E-state index in [-0.39, 0.29) is 11.4 Å². The molecule has 4 heterocycles. The van der Waals surface area contributed by atoms with Gasteiger partial charge in [0.15, 0.2) is 0 Å². The minimum Gasteiger partial charge on any atom is -0.314 e. The van der Waals surface area contributed by atoms with E-state index in [1.54, 1.807) is 10.9 Å². The Morgan fingerprint density at radius 3 is 2.86 bits per heavy atom. The Balaban J connectivity index is 1.23. The summed E-state index contributed by atoms with van der Waals surface area (Å²) in [6, 6.07) is 4.15. The van der Waals surface area contributed by atoms with E-state index < -0.39 is 0 Å². The van der Waals surface area contributed by atoms with Crippen LogP contribution in [0.25, 0.3) is 10.9 Å². The van der Waals surface area contributed by atoms with Crippen LogP contribution in [0, 0.1) is 11.7 Å². The van der Waals surface area contributed by atoms with E-state index in [2.05, 4.69) is 24.6 Å². The summed E-state index contributed by atoms with van der Waals surface area (Å²) >= 11 is 0. The number of hydrogen-bond donors (Lipinski definition) is 0. The fourth-order valence-corrected chi connectivity index (χ4v) is 4.39. The van der Waals surface area contributed by atoms with Gasteiger partial charge in [0.1, 0.15) is 17.5 Å². The predicted octanol–water partition coefficient (Wildman–Crippen LogP) is 1.99. The molecule has 0 atom stereocenters. The minimum absolute atomic E-state index is 0.0912. The molecule has 146 valence electrons. The molecule has 0 radical (unpaired) electrons. The van der Waals surface area contributed by atoms with Crippen LogP contribution in [0.2, 0.25) is 0 Å². The zero-order valence-electron chi connectivity index (χ0n) is 15.7. The number of aryl methyl sites for hydroxylation is 1. The van der Waals surface area contributed by atoms with Crippen LogP contribution in [-0.2, 0) is 26.1 Å². The van der Waals surface area contributed by atoms with E-state index in [4.69, 9.17) is 0 Å². The Hall–Kier alpha value is -2.61. The molecule has 1 aromatic carbocycles. The highest BCUT2D eigenvalue weighted by Gasteiger charge is 2.23. The smallest absolute Gasteiger partial charge is 0.261 e. The van der Waals surface area contributed by atoms with E-state index in [1.807, 2.05) is 0 Å². The van der Waals surface area contributed by atoms with E-state index >= 15 is 0 Å². The van der Waals surface area contributed by atoms with Crippen molar-refractivity contribution >= 4 is 10.9 Å². The molecule has 2 aliphatic rings. The van der Waals surface area contributed by atoms with Crippen molar-refractivity contribution in [3.05, 3.63) is 52.3 Å². The van der Waals surface area contributed by atoms with E-state index in [1.165, 1.54) is 24.6 Å². The highest BCUT2D eigenvalue weighted by molar-refractivity contribution is 5.77. The minimum atomic E-state index is -0.372. The molecule has 2 aromatic heterocycles. The number of likely N-dealkylation sites (tertiary alicyclic amines) is 1. The number of halogens is 1. The molecule has 0 saturated carbocycles. The van der Waals surface area contributed by atoms with Crippen LogP contribution >= 0.6 is 0 Å². The Bertz CT molecular complexity index is 1070. The van der Waals surface area contributed by atoms with Crippen molar-refractivity contribution in [3.8, 4) is 0 Å². The molecule has 3 aromatic rings. The van der Waals surface area contributed by atoms with Crippen molar-refractivity contribution in [2.75, 3.05) is 13.1 Å². The molecule has 0 N–H and O–H groups in total. The maximum Gasteiger partial charge on any atom is 0.261 e. The summed E-state index contributed by atoms with van der Waals surface area (Å²) < 4.78 is 17.3. The fraction of sp³-hybridized carbons (Fsp3) is 0.500. The Labute approximate surface area is 161 Å². The normalized spacial score (nSPS) is 18.0. The third-order valence-corrected chi connectivity index (χ3v) is 6.00. The second-order valence-electron chi connectivity index (χ2n) is 7.87. The van der Waals surface area contributed by atoms with Crippen molar-refractivity contribution in [1.29, 1.82) is 0 Å². The van der Waals surface area contributed by atoms with Crippen LogP contribution in [0.1, 0.15) is 30.9 Å². The SMILES string of the molecule is O=c1c2ccc(F)cc2ncn1CC1CCN(Cc2nnc3n2CCC3)CC1. The fourth-order valence-electron chi connectivity index (χ4n) is 4.39. The number of hydrogen-bond acceptors (Lipinski definition) is 5. The van der Waals surface area contributed by atoms with Crippen molar-refractivity contribution in [2.24, 2.45) is 5.92 Å². The molecule has 7 nitrogen and oxygen atoms in total. The summed E-state index contributed by atoms with van der Waals surface area (Å²) in [5.41, 5.74) is 0.323. The summed E-state index contributed by atoms with van der Waals surface area (Å²) in [7, 11) is 0. The Kier molecular flexibility index (Phi) is 4.43. The topological polar surface area (TPSA) is 68.8 Å². The number of rotatable bonds is 4. The zero-order valence-corrected chi connectivity index (χ0v) is 15.7. The zero-order chi connectivity index (χ0) is 19.1. The molecule has 1 fully saturated rings. The average molecular weight is 382 g/mol. The summed E-state index contributed by atoms with van der Waals surface area (Å²) in [6.45, 7) is 4.54. The second-order valence-corrected chi connectivity index (χ2v) is 7.87. The highest BCUT2D eigenvalue weighted by Crippen LogP contribution is 2.22. The Morgan fingerprint density at radius 2 is 2.00 bits per heavy atom. The van der Waals surface area contributed by atoms with Gasteiger partial charge in [0.2, 0.25) is 0 Å². The van der Waals surface area contributed by atoms with Gasteiger partial charge < -0.3 is 4.57 Å².